The van der Waals surface area contributed by atoms with E-state index in [-0.39, 0.29) is 36.1 Å². The van der Waals surface area contributed by atoms with Crippen molar-refractivity contribution in [2.45, 2.75) is 25.4 Å². The Morgan fingerprint density at radius 3 is 2.76 bits per heavy atom. The summed E-state index contributed by atoms with van der Waals surface area (Å²) >= 11 is 3.32. The first kappa shape index (κ1) is 24.1. The number of nitrogen functional groups attached to an aromatic ring is 2. The van der Waals surface area contributed by atoms with Crippen LogP contribution in [0.15, 0.2) is 47.2 Å². The number of hydrogen-bond acceptors (Lipinski definition) is 9. The summed E-state index contributed by atoms with van der Waals surface area (Å²) in [4.78, 5) is 23.8. The normalized spacial score (nSPS) is 20.3. The molecule has 0 fully saturated rings. The quantitative estimate of drug-likeness (QED) is 0.226. The molecule has 3 aromatic rings. The van der Waals surface area contributed by atoms with Crippen LogP contribution in [0.2, 0.25) is 0 Å². The second kappa shape index (κ2) is 9.71. The van der Waals surface area contributed by atoms with Gasteiger partial charge in [-0.3, -0.25) is 9.32 Å². The number of allylic oxidation sites excluding steroid dienone is 1. The van der Waals surface area contributed by atoms with Gasteiger partial charge in [-0.25, -0.2) is 9.55 Å². The number of nitrogens with one attached hydrogen (secondary N) is 1. The van der Waals surface area contributed by atoms with Crippen molar-refractivity contribution in [1.82, 2.24) is 24.6 Å². The molecule has 2 heterocycles. The van der Waals surface area contributed by atoms with Crippen molar-refractivity contribution in [2.75, 3.05) is 18.1 Å². The van der Waals surface area contributed by atoms with Crippen molar-refractivity contribution in [3.63, 3.8) is 0 Å². The number of imidazole rings is 1. The Kier molecular flexibility index (Phi) is 6.89. The van der Waals surface area contributed by atoms with Gasteiger partial charge in [-0.1, -0.05) is 28.1 Å². The summed E-state index contributed by atoms with van der Waals surface area (Å²) in [5.41, 5.74) is 12.6. The standard InChI is InChI=1S/C20H23BrN7O5P/c1-11(19(29)30)27-34(31,33-15-6-3-13(21)4-7-15)32-9-12-2-5-14(8-12)28-10-24-16-17(22)25-20(23)26-18(16)28/h2-7,10-12,14H,8-9H2,1H3,(H,27,31)(H,29,30)(H4,22,23,25,26)/t11-,12+,14-,34?/m0/s1. The number of benzene rings is 1. The summed E-state index contributed by atoms with van der Waals surface area (Å²) in [5.74, 6) is -0.776. The molecule has 2 aromatic heterocycles. The van der Waals surface area contributed by atoms with Gasteiger partial charge in [0.15, 0.2) is 11.5 Å². The Bertz CT molecular complexity index is 1280. The van der Waals surface area contributed by atoms with E-state index in [0.29, 0.717) is 17.6 Å². The molecule has 0 saturated heterocycles. The topological polar surface area (TPSA) is 180 Å². The Labute approximate surface area is 203 Å². The van der Waals surface area contributed by atoms with E-state index < -0.39 is 19.8 Å². The number of halogens is 1. The van der Waals surface area contributed by atoms with Gasteiger partial charge in [0, 0.05) is 10.4 Å². The van der Waals surface area contributed by atoms with E-state index in [1.165, 1.54) is 6.92 Å². The van der Waals surface area contributed by atoms with E-state index in [9.17, 15) is 14.5 Å². The second-order valence-corrected chi connectivity index (χ2v) is 10.4. The maximum atomic E-state index is 13.4. The van der Waals surface area contributed by atoms with E-state index in [4.69, 9.17) is 20.5 Å². The minimum atomic E-state index is -4.00. The number of carboxylic acid groups (broad SMARTS) is 1. The highest BCUT2D eigenvalue weighted by Crippen LogP contribution is 2.46. The molecule has 180 valence electrons. The van der Waals surface area contributed by atoms with Gasteiger partial charge >= 0.3 is 13.7 Å². The predicted octanol–water partition coefficient (Wildman–Crippen LogP) is 3.14. The van der Waals surface area contributed by atoms with Crippen LogP contribution in [-0.2, 0) is 13.9 Å². The SMILES string of the molecule is C[C@H](NP(=O)(OC[C@@H]1C=C[C@H](n2cnc3c(N)nc(N)nc32)C1)Oc1ccc(Br)cc1)C(=O)O. The van der Waals surface area contributed by atoms with Crippen molar-refractivity contribution in [2.24, 2.45) is 5.92 Å². The zero-order valence-electron chi connectivity index (χ0n) is 18.0. The van der Waals surface area contributed by atoms with Crippen LogP contribution in [0.4, 0.5) is 11.8 Å². The highest BCUT2D eigenvalue weighted by Gasteiger charge is 2.33. The molecule has 0 radical (unpaired) electrons. The maximum Gasteiger partial charge on any atom is 0.459 e. The van der Waals surface area contributed by atoms with Crippen LogP contribution in [0.3, 0.4) is 0 Å². The van der Waals surface area contributed by atoms with Gasteiger partial charge in [-0.05, 0) is 37.6 Å². The first-order valence-electron chi connectivity index (χ1n) is 10.3. The fourth-order valence-corrected chi connectivity index (χ4v) is 5.31. The van der Waals surface area contributed by atoms with Gasteiger partial charge in [-0.15, -0.1) is 0 Å². The molecule has 0 amide bonds. The van der Waals surface area contributed by atoms with Crippen LogP contribution < -0.4 is 21.1 Å². The van der Waals surface area contributed by atoms with Crippen molar-refractivity contribution in [1.29, 1.82) is 0 Å². The molecule has 0 bridgehead atoms. The molecule has 1 aromatic carbocycles. The predicted molar refractivity (Wildman–Crippen MR) is 129 cm³/mol. The van der Waals surface area contributed by atoms with E-state index in [0.717, 1.165) is 4.47 Å². The molecule has 34 heavy (non-hydrogen) atoms. The Morgan fingerprint density at radius 1 is 1.32 bits per heavy atom. The number of anilines is 2. The number of rotatable bonds is 9. The highest BCUT2D eigenvalue weighted by molar-refractivity contribution is 9.10. The number of aliphatic carboxylic acids is 1. The molecule has 0 saturated carbocycles. The Balaban J connectivity index is 1.46. The number of nitrogens with two attached hydrogens (primary N) is 2. The van der Waals surface area contributed by atoms with Gasteiger partial charge in [0.1, 0.15) is 17.3 Å². The van der Waals surface area contributed by atoms with Crippen LogP contribution in [-0.4, -0.2) is 43.2 Å². The van der Waals surface area contributed by atoms with Crippen molar-refractivity contribution >= 4 is 52.6 Å². The van der Waals surface area contributed by atoms with Gasteiger partial charge in [0.2, 0.25) is 5.95 Å². The fraction of sp³-hybridized carbons (Fsp3) is 0.300. The van der Waals surface area contributed by atoms with Crippen molar-refractivity contribution < 1.29 is 23.5 Å². The van der Waals surface area contributed by atoms with Crippen LogP contribution in [0.1, 0.15) is 19.4 Å². The fourth-order valence-electron chi connectivity index (χ4n) is 3.49. The number of carboxylic acids is 1. The summed E-state index contributed by atoms with van der Waals surface area (Å²) in [6, 6.07) is 5.36. The minimum absolute atomic E-state index is 0.0338. The molecule has 14 heteroatoms. The zero-order valence-corrected chi connectivity index (χ0v) is 20.5. The van der Waals surface area contributed by atoms with Crippen molar-refractivity contribution in [3.8, 4) is 5.75 Å². The summed E-state index contributed by atoms with van der Waals surface area (Å²) in [6.45, 7) is 1.39. The Hall–Kier alpha value is -2.99. The number of carbonyl (C=O) groups is 1. The zero-order chi connectivity index (χ0) is 24.5. The highest BCUT2D eigenvalue weighted by atomic mass is 79.9. The molecular formula is C20H23BrN7O5P. The summed E-state index contributed by atoms with van der Waals surface area (Å²) in [7, 11) is -4.00. The number of aromatic nitrogens is 4. The third-order valence-corrected chi connectivity index (χ3v) is 7.36. The first-order chi connectivity index (χ1) is 16.1. The van der Waals surface area contributed by atoms with E-state index in [1.54, 1.807) is 30.6 Å². The lowest BCUT2D eigenvalue weighted by molar-refractivity contribution is -0.138. The molecule has 1 unspecified atom stereocenters. The lowest BCUT2D eigenvalue weighted by Gasteiger charge is -2.23. The van der Waals surface area contributed by atoms with Gasteiger partial charge < -0.3 is 25.7 Å². The summed E-state index contributed by atoms with van der Waals surface area (Å²) in [5, 5.41) is 11.7. The van der Waals surface area contributed by atoms with E-state index in [1.807, 2.05) is 16.7 Å². The maximum absolute atomic E-state index is 13.4. The molecule has 6 N–H and O–H groups in total. The monoisotopic (exact) mass is 551 g/mol. The minimum Gasteiger partial charge on any atom is -0.480 e. The molecular weight excluding hydrogens is 529 g/mol. The van der Waals surface area contributed by atoms with E-state index >= 15 is 0 Å². The second-order valence-electron chi connectivity index (χ2n) is 7.77. The number of nitrogens with zero attached hydrogens (tertiary/aromatic N) is 4. The van der Waals surface area contributed by atoms with Crippen LogP contribution in [0.5, 0.6) is 5.75 Å². The van der Waals surface area contributed by atoms with Crippen molar-refractivity contribution in [3.05, 3.63) is 47.2 Å². The average Bonchev–Trinajstić information content (AvgIpc) is 3.41. The third-order valence-electron chi connectivity index (χ3n) is 5.19. The molecule has 4 rings (SSSR count). The molecule has 0 spiro atoms. The Morgan fingerprint density at radius 2 is 2.06 bits per heavy atom. The molecule has 12 nitrogen and oxygen atoms in total. The average molecular weight is 552 g/mol. The smallest absolute Gasteiger partial charge is 0.459 e. The van der Waals surface area contributed by atoms with E-state index in [2.05, 4.69) is 36.0 Å². The van der Waals surface area contributed by atoms with Crippen LogP contribution in [0, 0.1) is 5.92 Å². The largest absolute Gasteiger partial charge is 0.480 e. The molecule has 1 aliphatic rings. The summed E-state index contributed by atoms with van der Waals surface area (Å²) in [6.07, 6.45) is 6.10. The van der Waals surface area contributed by atoms with Gasteiger partial charge in [0.25, 0.3) is 0 Å². The summed E-state index contributed by atoms with van der Waals surface area (Å²) < 4.78 is 27.3. The van der Waals surface area contributed by atoms with Crippen LogP contribution in [0.25, 0.3) is 11.2 Å². The lowest BCUT2D eigenvalue weighted by atomic mass is 10.1. The molecule has 0 aliphatic heterocycles. The lowest BCUT2D eigenvalue weighted by Crippen LogP contribution is -2.33. The third kappa shape index (κ3) is 5.39. The molecule has 1 aliphatic carbocycles. The van der Waals surface area contributed by atoms with Crippen LogP contribution >= 0.6 is 23.7 Å². The first-order valence-corrected chi connectivity index (χ1v) is 12.6. The number of fused-ring (bicyclic) bond motifs is 1. The van der Waals surface area contributed by atoms with Gasteiger partial charge in [-0.2, -0.15) is 15.1 Å². The van der Waals surface area contributed by atoms with Gasteiger partial charge in [0.05, 0.1) is 19.0 Å². The molecule has 4 atom stereocenters. The number of hydrogen-bond donors (Lipinski definition) is 4.